The largest absolute Gasteiger partial charge is 0.494 e. The van der Waals surface area contributed by atoms with Crippen LogP contribution in [-0.4, -0.2) is 39.2 Å². The smallest absolute Gasteiger partial charge is 0.279 e. The lowest BCUT2D eigenvalue weighted by atomic mass is 10.2. The van der Waals surface area contributed by atoms with Crippen LogP contribution < -0.4 is 14.3 Å². The molecule has 0 bridgehead atoms. The number of carbonyl (C=O) groups is 1. The maximum atomic E-state index is 13.2. The standard InChI is InChI=1S/C25H24FN3O5S2/c1-3-34-20-9-12-22-23(16-20)35-25(29(22)13-14-33-2)27-24(30)17-5-4-6-19(15-17)28-36(31,32)21-10-7-18(26)8-11-21/h4-12,15-16,28H,3,13-14H2,1-2H3. The lowest BCUT2D eigenvalue weighted by Gasteiger charge is -2.09. The van der Waals surface area contributed by atoms with Gasteiger partial charge < -0.3 is 14.0 Å². The van der Waals surface area contributed by atoms with Crippen molar-refractivity contribution in [3.05, 3.63) is 82.9 Å². The van der Waals surface area contributed by atoms with E-state index in [1.165, 1.54) is 35.6 Å². The van der Waals surface area contributed by atoms with Crippen LogP contribution in [0.2, 0.25) is 0 Å². The minimum Gasteiger partial charge on any atom is -0.494 e. The number of hydrogen-bond donors (Lipinski definition) is 1. The molecule has 0 saturated heterocycles. The molecule has 1 heterocycles. The Hall–Kier alpha value is -3.54. The average molecular weight is 530 g/mol. The van der Waals surface area contributed by atoms with Crippen LogP contribution in [0.15, 0.2) is 76.6 Å². The van der Waals surface area contributed by atoms with Gasteiger partial charge in [0, 0.05) is 24.9 Å². The number of carbonyl (C=O) groups excluding carboxylic acids is 1. The van der Waals surface area contributed by atoms with E-state index in [1.54, 1.807) is 19.2 Å². The topological polar surface area (TPSA) is 99.0 Å². The molecule has 11 heteroatoms. The Morgan fingerprint density at radius 2 is 1.89 bits per heavy atom. The Balaban J connectivity index is 1.66. The average Bonchev–Trinajstić information content (AvgIpc) is 3.19. The molecule has 0 radical (unpaired) electrons. The van der Waals surface area contributed by atoms with Crippen molar-refractivity contribution in [1.82, 2.24) is 4.57 Å². The first kappa shape index (κ1) is 25.5. The van der Waals surface area contributed by atoms with Gasteiger partial charge in [0.05, 0.1) is 28.3 Å². The fraction of sp³-hybridized carbons (Fsp3) is 0.200. The summed E-state index contributed by atoms with van der Waals surface area (Å²) in [5.74, 6) is -0.342. The Kier molecular flexibility index (Phi) is 7.82. The van der Waals surface area contributed by atoms with Gasteiger partial charge in [-0.1, -0.05) is 17.4 Å². The second-order valence-corrected chi connectivity index (χ2v) is 10.3. The lowest BCUT2D eigenvalue weighted by Crippen LogP contribution is -2.19. The van der Waals surface area contributed by atoms with Crippen LogP contribution in [0.5, 0.6) is 5.75 Å². The molecule has 1 amide bonds. The van der Waals surface area contributed by atoms with Gasteiger partial charge in [0.2, 0.25) is 0 Å². The first-order valence-corrected chi connectivity index (χ1v) is 13.3. The molecule has 0 fully saturated rings. The van der Waals surface area contributed by atoms with Gasteiger partial charge in [-0.3, -0.25) is 9.52 Å². The molecule has 3 aromatic carbocycles. The zero-order valence-electron chi connectivity index (χ0n) is 19.6. The Morgan fingerprint density at radius 3 is 2.61 bits per heavy atom. The van der Waals surface area contributed by atoms with E-state index in [0.29, 0.717) is 24.6 Å². The SMILES string of the molecule is CCOc1ccc2c(c1)sc(=NC(=O)c1cccc(NS(=O)(=O)c3ccc(F)cc3)c1)n2CCOC. The van der Waals surface area contributed by atoms with Crippen molar-refractivity contribution in [1.29, 1.82) is 0 Å². The van der Waals surface area contributed by atoms with Gasteiger partial charge in [-0.2, -0.15) is 4.99 Å². The van der Waals surface area contributed by atoms with E-state index in [1.807, 2.05) is 29.7 Å². The Morgan fingerprint density at radius 1 is 1.11 bits per heavy atom. The highest BCUT2D eigenvalue weighted by molar-refractivity contribution is 7.92. The number of rotatable bonds is 9. The lowest BCUT2D eigenvalue weighted by molar-refractivity contribution is 0.0997. The van der Waals surface area contributed by atoms with E-state index in [4.69, 9.17) is 9.47 Å². The van der Waals surface area contributed by atoms with Gasteiger partial charge in [-0.05, 0) is 67.6 Å². The molecule has 8 nitrogen and oxygen atoms in total. The second kappa shape index (κ2) is 11.0. The predicted octanol–water partition coefficient (Wildman–Crippen LogP) is 4.43. The van der Waals surface area contributed by atoms with E-state index >= 15 is 0 Å². The summed E-state index contributed by atoms with van der Waals surface area (Å²) in [5, 5.41) is 0. The molecule has 0 atom stereocenters. The van der Waals surface area contributed by atoms with Gasteiger partial charge in [-0.15, -0.1) is 0 Å². The quantitative estimate of drug-likeness (QED) is 0.346. The third kappa shape index (κ3) is 5.81. The van der Waals surface area contributed by atoms with E-state index in [2.05, 4.69) is 9.71 Å². The van der Waals surface area contributed by atoms with E-state index in [-0.39, 0.29) is 16.1 Å². The second-order valence-electron chi connectivity index (χ2n) is 7.65. The monoisotopic (exact) mass is 529 g/mol. The summed E-state index contributed by atoms with van der Waals surface area (Å²) in [5.41, 5.74) is 1.29. The first-order valence-electron chi connectivity index (χ1n) is 11.0. The number of anilines is 1. The molecule has 0 aliphatic carbocycles. The summed E-state index contributed by atoms with van der Waals surface area (Å²) in [6.45, 7) is 3.37. The maximum absolute atomic E-state index is 13.2. The molecule has 1 N–H and O–H groups in total. The summed E-state index contributed by atoms with van der Waals surface area (Å²) < 4.78 is 54.5. The molecular weight excluding hydrogens is 505 g/mol. The highest BCUT2D eigenvalue weighted by Gasteiger charge is 2.16. The number of benzene rings is 3. The number of nitrogens with zero attached hydrogens (tertiary/aromatic N) is 2. The fourth-order valence-corrected chi connectivity index (χ4v) is 5.62. The molecule has 36 heavy (non-hydrogen) atoms. The number of aromatic nitrogens is 1. The van der Waals surface area contributed by atoms with Crippen molar-refractivity contribution in [3.63, 3.8) is 0 Å². The summed E-state index contributed by atoms with van der Waals surface area (Å²) >= 11 is 1.35. The minimum atomic E-state index is -3.96. The molecule has 188 valence electrons. The first-order chi connectivity index (χ1) is 17.3. The van der Waals surface area contributed by atoms with E-state index in [9.17, 15) is 17.6 Å². The van der Waals surface area contributed by atoms with Crippen LogP contribution in [0.1, 0.15) is 17.3 Å². The van der Waals surface area contributed by atoms with Crippen molar-refractivity contribution in [2.24, 2.45) is 4.99 Å². The van der Waals surface area contributed by atoms with Gasteiger partial charge in [0.15, 0.2) is 4.80 Å². The van der Waals surface area contributed by atoms with Gasteiger partial charge in [0.1, 0.15) is 11.6 Å². The zero-order chi connectivity index (χ0) is 25.7. The van der Waals surface area contributed by atoms with Crippen molar-refractivity contribution in [2.75, 3.05) is 25.0 Å². The number of amides is 1. The van der Waals surface area contributed by atoms with Crippen molar-refractivity contribution < 1.29 is 27.1 Å². The number of hydrogen-bond acceptors (Lipinski definition) is 6. The van der Waals surface area contributed by atoms with E-state index < -0.39 is 21.7 Å². The van der Waals surface area contributed by atoms with Crippen LogP contribution >= 0.6 is 11.3 Å². The Bertz CT molecular complexity index is 1560. The molecule has 0 saturated carbocycles. The normalized spacial score (nSPS) is 12.1. The summed E-state index contributed by atoms with van der Waals surface area (Å²) in [4.78, 5) is 17.8. The van der Waals surface area contributed by atoms with E-state index in [0.717, 1.165) is 28.1 Å². The molecule has 0 spiro atoms. The maximum Gasteiger partial charge on any atom is 0.279 e. The van der Waals surface area contributed by atoms with Crippen molar-refractivity contribution in [3.8, 4) is 5.75 Å². The van der Waals surface area contributed by atoms with Crippen LogP contribution in [0.3, 0.4) is 0 Å². The highest BCUT2D eigenvalue weighted by atomic mass is 32.2. The number of ether oxygens (including phenoxy) is 2. The molecule has 4 aromatic rings. The third-order valence-electron chi connectivity index (χ3n) is 5.17. The molecule has 4 rings (SSSR count). The molecular formula is C25H24FN3O5S2. The van der Waals surface area contributed by atoms with Crippen LogP contribution in [0, 0.1) is 5.82 Å². The molecule has 1 aromatic heterocycles. The number of fused-ring (bicyclic) bond motifs is 1. The molecule has 0 unspecified atom stereocenters. The van der Waals surface area contributed by atoms with Crippen molar-refractivity contribution >= 4 is 43.2 Å². The minimum absolute atomic E-state index is 0.0961. The summed E-state index contributed by atoms with van der Waals surface area (Å²) in [6, 6.07) is 16.2. The summed E-state index contributed by atoms with van der Waals surface area (Å²) in [7, 11) is -2.36. The third-order valence-corrected chi connectivity index (χ3v) is 7.61. The number of thiazole rings is 1. The zero-order valence-corrected chi connectivity index (χ0v) is 21.2. The number of halogens is 1. The highest BCUT2D eigenvalue weighted by Crippen LogP contribution is 2.24. The van der Waals surface area contributed by atoms with Gasteiger partial charge in [0.25, 0.3) is 15.9 Å². The number of methoxy groups -OCH3 is 1. The Labute approximate surface area is 211 Å². The molecule has 0 aliphatic heterocycles. The number of nitrogens with one attached hydrogen (secondary N) is 1. The summed E-state index contributed by atoms with van der Waals surface area (Å²) in [6.07, 6.45) is 0. The van der Waals surface area contributed by atoms with Gasteiger partial charge in [-0.25, -0.2) is 12.8 Å². The van der Waals surface area contributed by atoms with Gasteiger partial charge >= 0.3 is 0 Å². The fourth-order valence-electron chi connectivity index (χ4n) is 3.49. The molecule has 0 aliphatic rings. The number of sulfonamides is 1. The van der Waals surface area contributed by atoms with Crippen molar-refractivity contribution in [2.45, 2.75) is 18.4 Å². The van der Waals surface area contributed by atoms with Crippen LogP contribution in [0.25, 0.3) is 10.2 Å². The predicted molar refractivity (Wildman–Crippen MR) is 136 cm³/mol. The van der Waals surface area contributed by atoms with Crippen LogP contribution in [0.4, 0.5) is 10.1 Å². The van der Waals surface area contributed by atoms with Crippen LogP contribution in [-0.2, 0) is 21.3 Å².